The lowest BCUT2D eigenvalue weighted by Crippen LogP contribution is -2.50. The van der Waals surface area contributed by atoms with Crippen LogP contribution in [0.15, 0.2) is 0 Å². The van der Waals surface area contributed by atoms with Crippen molar-refractivity contribution in [2.45, 2.75) is 6.17 Å². The maximum atomic E-state index is 10.4. The summed E-state index contributed by atoms with van der Waals surface area (Å²) in [5.74, 6) is -1.06. The Bertz CT molecular complexity index is 123. The van der Waals surface area contributed by atoms with Crippen LogP contribution in [0.3, 0.4) is 0 Å². The Kier molecular flexibility index (Phi) is 6.58. The first-order valence-corrected chi connectivity index (χ1v) is 3.63. The standard InChI is InChI=1S/C6H14N2O4/c9-3-1-7-5(6(11)12)8-2-4-10/h5,7-10H,1-4H2,(H,11,12). The third kappa shape index (κ3) is 5.03. The number of nitrogens with one attached hydrogen (secondary N) is 2. The van der Waals surface area contributed by atoms with Crippen molar-refractivity contribution in [3.05, 3.63) is 0 Å². The summed E-state index contributed by atoms with van der Waals surface area (Å²) in [7, 11) is 0. The van der Waals surface area contributed by atoms with Crippen molar-refractivity contribution in [1.82, 2.24) is 10.6 Å². The van der Waals surface area contributed by atoms with Gasteiger partial charge in [-0.2, -0.15) is 0 Å². The van der Waals surface area contributed by atoms with Gasteiger partial charge in [-0.15, -0.1) is 0 Å². The molecule has 0 atom stereocenters. The normalized spacial score (nSPS) is 10.6. The number of hydrogen-bond donors (Lipinski definition) is 5. The van der Waals surface area contributed by atoms with Crippen LogP contribution in [0.1, 0.15) is 0 Å². The van der Waals surface area contributed by atoms with Gasteiger partial charge < -0.3 is 15.3 Å². The monoisotopic (exact) mass is 178 g/mol. The third-order valence-corrected chi connectivity index (χ3v) is 1.17. The lowest BCUT2D eigenvalue weighted by atomic mass is 10.4. The molecule has 0 rings (SSSR count). The first kappa shape index (κ1) is 11.3. The van der Waals surface area contributed by atoms with Crippen LogP contribution in [0.2, 0.25) is 0 Å². The number of carboxylic acid groups (broad SMARTS) is 1. The van der Waals surface area contributed by atoms with Gasteiger partial charge in [-0.1, -0.05) is 0 Å². The number of carbonyl (C=O) groups is 1. The van der Waals surface area contributed by atoms with E-state index < -0.39 is 12.1 Å². The molecule has 6 heteroatoms. The molecule has 0 bridgehead atoms. The topological polar surface area (TPSA) is 102 Å². The van der Waals surface area contributed by atoms with Crippen molar-refractivity contribution >= 4 is 5.97 Å². The Morgan fingerprint density at radius 2 is 1.58 bits per heavy atom. The summed E-state index contributed by atoms with van der Waals surface area (Å²) in [6.45, 7) is 0.167. The summed E-state index contributed by atoms with van der Waals surface area (Å²) in [4.78, 5) is 10.4. The molecule has 6 nitrogen and oxygen atoms in total. The van der Waals surface area contributed by atoms with Crippen LogP contribution in [0.4, 0.5) is 0 Å². The van der Waals surface area contributed by atoms with Crippen molar-refractivity contribution in [2.75, 3.05) is 26.3 Å². The van der Waals surface area contributed by atoms with Gasteiger partial charge in [-0.3, -0.25) is 10.6 Å². The highest BCUT2D eigenvalue weighted by molar-refractivity contribution is 5.72. The second-order valence-electron chi connectivity index (χ2n) is 2.13. The lowest BCUT2D eigenvalue weighted by Gasteiger charge is -2.14. The molecule has 0 aliphatic heterocycles. The zero-order valence-electron chi connectivity index (χ0n) is 6.66. The first-order valence-electron chi connectivity index (χ1n) is 3.63. The zero-order chi connectivity index (χ0) is 9.40. The van der Waals surface area contributed by atoms with Crippen molar-refractivity contribution in [3.63, 3.8) is 0 Å². The molecule has 0 aromatic carbocycles. The molecule has 0 spiro atoms. The van der Waals surface area contributed by atoms with Gasteiger partial charge in [-0.05, 0) is 0 Å². The average molecular weight is 178 g/mol. The highest BCUT2D eigenvalue weighted by atomic mass is 16.4. The van der Waals surface area contributed by atoms with Crippen LogP contribution >= 0.6 is 0 Å². The van der Waals surface area contributed by atoms with Crippen molar-refractivity contribution in [3.8, 4) is 0 Å². The molecule has 0 heterocycles. The van der Waals surface area contributed by atoms with Crippen molar-refractivity contribution in [2.24, 2.45) is 0 Å². The Hall–Kier alpha value is -0.690. The highest BCUT2D eigenvalue weighted by Crippen LogP contribution is 1.76. The fourth-order valence-electron chi connectivity index (χ4n) is 0.665. The Labute approximate surface area is 70.2 Å². The van der Waals surface area contributed by atoms with Crippen LogP contribution in [-0.2, 0) is 4.79 Å². The molecular formula is C6H14N2O4. The minimum atomic E-state index is -1.06. The minimum absolute atomic E-state index is 0.120. The van der Waals surface area contributed by atoms with Gasteiger partial charge in [0.1, 0.15) is 0 Å². The highest BCUT2D eigenvalue weighted by Gasteiger charge is 2.13. The molecular weight excluding hydrogens is 164 g/mol. The van der Waals surface area contributed by atoms with E-state index in [4.69, 9.17) is 15.3 Å². The van der Waals surface area contributed by atoms with E-state index in [0.717, 1.165) is 0 Å². The SMILES string of the molecule is O=C(O)C(NCCO)NCCO. The quantitative estimate of drug-likeness (QED) is 0.278. The zero-order valence-corrected chi connectivity index (χ0v) is 6.66. The third-order valence-electron chi connectivity index (χ3n) is 1.17. The fraction of sp³-hybridized carbons (Fsp3) is 0.833. The van der Waals surface area contributed by atoms with Crippen molar-refractivity contribution in [1.29, 1.82) is 0 Å². The minimum Gasteiger partial charge on any atom is -0.479 e. The molecule has 0 aromatic rings. The molecule has 72 valence electrons. The predicted molar refractivity (Wildman–Crippen MR) is 41.6 cm³/mol. The molecule has 0 saturated heterocycles. The summed E-state index contributed by atoms with van der Waals surface area (Å²) in [5.41, 5.74) is 0. The van der Waals surface area contributed by atoms with Gasteiger partial charge in [0.2, 0.25) is 0 Å². The van der Waals surface area contributed by atoms with Gasteiger partial charge in [0.05, 0.1) is 13.2 Å². The number of rotatable bonds is 7. The van der Waals surface area contributed by atoms with E-state index in [1.54, 1.807) is 0 Å². The number of carboxylic acids is 1. The van der Waals surface area contributed by atoms with Gasteiger partial charge in [-0.25, -0.2) is 4.79 Å². The summed E-state index contributed by atoms with van der Waals surface area (Å²) < 4.78 is 0. The van der Waals surface area contributed by atoms with Gasteiger partial charge in [0.15, 0.2) is 6.17 Å². The van der Waals surface area contributed by atoms with E-state index in [9.17, 15) is 4.79 Å². The summed E-state index contributed by atoms with van der Waals surface area (Å²) in [5, 5.41) is 30.4. The predicted octanol–water partition coefficient (Wildman–Crippen LogP) is -2.44. The van der Waals surface area contributed by atoms with Crippen molar-refractivity contribution < 1.29 is 20.1 Å². The summed E-state index contributed by atoms with van der Waals surface area (Å²) in [6.07, 6.45) is -0.913. The molecule has 0 unspecified atom stereocenters. The molecule has 12 heavy (non-hydrogen) atoms. The van der Waals surface area contributed by atoms with E-state index in [1.807, 2.05) is 0 Å². The largest absolute Gasteiger partial charge is 0.479 e. The number of hydrogen-bond acceptors (Lipinski definition) is 5. The van der Waals surface area contributed by atoms with E-state index >= 15 is 0 Å². The lowest BCUT2D eigenvalue weighted by molar-refractivity contribution is -0.140. The second-order valence-corrected chi connectivity index (χ2v) is 2.13. The Morgan fingerprint density at radius 1 is 1.17 bits per heavy atom. The van der Waals surface area contributed by atoms with Crippen LogP contribution < -0.4 is 10.6 Å². The van der Waals surface area contributed by atoms with Crippen LogP contribution in [0.5, 0.6) is 0 Å². The first-order chi connectivity index (χ1) is 5.72. The number of aliphatic carboxylic acids is 1. The molecule has 5 N–H and O–H groups in total. The summed E-state index contributed by atoms with van der Waals surface area (Å²) >= 11 is 0. The molecule has 0 aliphatic rings. The van der Waals surface area contributed by atoms with E-state index in [-0.39, 0.29) is 26.3 Å². The molecule has 0 aromatic heterocycles. The number of aliphatic hydroxyl groups excluding tert-OH is 2. The van der Waals surface area contributed by atoms with E-state index in [0.29, 0.717) is 0 Å². The molecule has 0 amide bonds. The number of aliphatic hydroxyl groups is 2. The average Bonchev–Trinajstić information content (AvgIpc) is 2.04. The molecule has 0 radical (unpaired) electrons. The smallest absolute Gasteiger partial charge is 0.335 e. The maximum Gasteiger partial charge on any atom is 0.335 e. The van der Waals surface area contributed by atoms with Gasteiger partial charge in [0, 0.05) is 13.1 Å². The summed E-state index contributed by atoms with van der Waals surface area (Å²) in [6, 6.07) is 0. The second kappa shape index (κ2) is 6.99. The molecule has 0 aliphatic carbocycles. The van der Waals surface area contributed by atoms with Crippen LogP contribution in [-0.4, -0.2) is 53.8 Å². The van der Waals surface area contributed by atoms with E-state index in [2.05, 4.69) is 10.6 Å². The fourth-order valence-corrected chi connectivity index (χ4v) is 0.665. The Morgan fingerprint density at radius 3 is 1.83 bits per heavy atom. The Balaban J connectivity index is 3.62. The van der Waals surface area contributed by atoms with E-state index in [1.165, 1.54) is 0 Å². The van der Waals surface area contributed by atoms with Gasteiger partial charge >= 0.3 is 5.97 Å². The maximum absolute atomic E-state index is 10.4. The molecule has 0 saturated carbocycles. The van der Waals surface area contributed by atoms with Crippen LogP contribution in [0.25, 0.3) is 0 Å². The van der Waals surface area contributed by atoms with Gasteiger partial charge in [0.25, 0.3) is 0 Å². The molecule has 0 fully saturated rings. The van der Waals surface area contributed by atoms with Crippen LogP contribution in [0, 0.1) is 0 Å².